The predicted octanol–water partition coefficient (Wildman–Crippen LogP) is 11.0. The number of nitrogens with one attached hydrogen (secondary N) is 1. The molecule has 0 radical (unpaired) electrons. The highest BCUT2D eigenvalue weighted by Crippen LogP contribution is 2.15. The lowest BCUT2D eigenvalue weighted by Crippen LogP contribution is -2.30. The molecule has 1 unspecified atom stereocenters. The number of unbranched alkanes of at least 4 members (excludes halogenated alkanes) is 24. The highest BCUT2D eigenvalue weighted by molar-refractivity contribution is 5.70. The number of esters is 2. The maximum atomic E-state index is 12.5. The Labute approximate surface area is 280 Å². The molecule has 0 bridgehead atoms. The van der Waals surface area contributed by atoms with Crippen LogP contribution in [0.2, 0.25) is 0 Å². The first-order chi connectivity index (χ1) is 22.1. The van der Waals surface area contributed by atoms with Gasteiger partial charge in [-0.3, -0.25) is 9.59 Å². The first kappa shape index (κ1) is 43.9. The zero-order valence-corrected chi connectivity index (χ0v) is 30.5. The van der Waals surface area contributed by atoms with Gasteiger partial charge in [0.2, 0.25) is 0 Å². The van der Waals surface area contributed by atoms with Gasteiger partial charge in [0.05, 0.1) is 6.61 Å². The van der Waals surface area contributed by atoms with Crippen LogP contribution >= 0.6 is 0 Å². The minimum atomic E-state index is -0.537. The summed E-state index contributed by atoms with van der Waals surface area (Å²) < 4.78 is 16.9. The average molecular weight is 640 g/mol. The second kappa shape index (κ2) is 37.3. The van der Waals surface area contributed by atoms with Crippen molar-refractivity contribution in [2.75, 3.05) is 33.4 Å². The second-order valence-electron chi connectivity index (χ2n) is 13.3. The Bertz CT molecular complexity index is 614. The van der Waals surface area contributed by atoms with E-state index in [-0.39, 0.29) is 25.2 Å². The molecule has 0 amide bonds. The van der Waals surface area contributed by atoms with E-state index < -0.39 is 6.10 Å². The van der Waals surface area contributed by atoms with Crippen LogP contribution in [0.15, 0.2) is 0 Å². The van der Waals surface area contributed by atoms with E-state index in [0.717, 1.165) is 38.6 Å². The fourth-order valence-corrected chi connectivity index (χ4v) is 5.76. The standard InChI is InChI=1S/C39H77NO5/c1-4-6-8-10-12-14-16-18-20-22-24-26-28-31-38(41)44-36-37(35-43-34-30-33-40-3)45-39(42)32-29-27-25-23-21-19-17-15-13-11-9-7-5-2/h37,40H,4-36H2,1-3H3. The van der Waals surface area contributed by atoms with Crippen LogP contribution in [0.25, 0.3) is 0 Å². The fourth-order valence-electron chi connectivity index (χ4n) is 5.76. The lowest BCUT2D eigenvalue weighted by atomic mass is 10.0. The van der Waals surface area contributed by atoms with Crippen molar-refractivity contribution in [1.82, 2.24) is 5.32 Å². The van der Waals surface area contributed by atoms with Crippen LogP contribution in [-0.2, 0) is 23.8 Å². The van der Waals surface area contributed by atoms with Crippen molar-refractivity contribution in [1.29, 1.82) is 0 Å². The molecule has 0 aliphatic heterocycles. The number of hydrogen-bond donors (Lipinski definition) is 1. The van der Waals surface area contributed by atoms with Crippen molar-refractivity contribution in [3.63, 3.8) is 0 Å². The van der Waals surface area contributed by atoms with Gasteiger partial charge in [-0.15, -0.1) is 0 Å². The molecule has 268 valence electrons. The molecular formula is C39H77NO5. The smallest absolute Gasteiger partial charge is 0.306 e. The van der Waals surface area contributed by atoms with E-state index in [2.05, 4.69) is 19.2 Å². The highest BCUT2D eigenvalue weighted by Gasteiger charge is 2.17. The van der Waals surface area contributed by atoms with E-state index in [0.29, 0.717) is 19.4 Å². The van der Waals surface area contributed by atoms with Crippen LogP contribution in [0, 0.1) is 0 Å². The average Bonchev–Trinajstić information content (AvgIpc) is 3.04. The van der Waals surface area contributed by atoms with Crippen molar-refractivity contribution < 1.29 is 23.8 Å². The summed E-state index contributed by atoms with van der Waals surface area (Å²) in [6.07, 6.45) is 34.5. The van der Waals surface area contributed by atoms with E-state index in [1.165, 1.54) is 141 Å². The Morgan fingerprint density at radius 3 is 1.27 bits per heavy atom. The first-order valence-corrected chi connectivity index (χ1v) is 19.7. The molecule has 0 aromatic rings. The molecule has 45 heavy (non-hydrogen) atoms. The van der Waals surface area contributed by atoms with Crippen molar-refractivity contribution in [3.8, 4) is 0 Å². The summed E-state index contributed by atoms with van der Waals surface area (Å²) in [6.45, 7) is 6.33. The molecule has 0 aliphatic rings. The summed E-state index contributed by atoms with van der Waals surface area (Å²) in [5, 5.41) is 3.10. The van der Waals surface area contributed by atoms with Crippen LogP contribution in [0.4, 0.5) is 0 Å². The fraction of sp³-hybridized carbons (Fsp3) is 0.949. The molecule has 0 spiro atoms. The van der Waals surface area contributed by atoms with Gasteiger partial charge >= 0.3 is 11.9 Å². The molecule has 0 aliphatic carbocycles. The van der Waals surface area contributed by atoms with Crippen LogP contribution in [-0.4, -0.2) is 51.5 Å². The Morgan fingerprint density at radius 1 is 0.489 bits per heavy atom. The summed E-state index contributed by atoms with van der Waals surface area (Å²) >= 11 is 0. The Balaban J connectivity index is 3.95. The van der Waals surface area contributed by atoms with Gasteiger partial charge in [-0.05, 0) is 32.9 Å². The monoisotopic (exact) mass is 640 g/mol. The van der Waals surface area contributed by atoms with Gasteiger partial charge in [0, 0.05) is 19.4 Å². The van der Waals surface area contributed by atoms with E-state index in [9.17, 15) is 9.59 Å². The number of hydrogen-bond acceptors (Lipinski definition) is 6. The normalized spacial score (nSPS) is 12.0. The van der Waals surface area contributed by atoms with Crippen LogP contribution < -0.4 is 5.32 Å². The van der Waals surface area contributed by atoms with Gasteiger partial charge in [0.25, 0.3) is 0 Å². The van der Waals surface area contributed by atoms with Crippen molar-refractivity contribution in [3.05, 3.63) is 0 Å². The van der Waals surface area contributed by atoms with E-state index in [1.807, 2.05) is 7.05 Å². The van der Waals surface area contributed by atoms with Crippen LogP contribution in [0.3, 0.4) is 0 Å². The minimum Gasteiger partial charge on any atom is -0.462 e. The van der Waals surface area contributed by atoms with E-state index in [4.69, 9.17) is 14.2 Å². The third kappa shape index (κ3) is 35.6. The molecule has 0 saturated heterocycles. The maximum Gasteiger partial charge on any atom is 0.306 e. The molecule has 0 fully saturated rings. The zero-order valence-electron chi connectivity index (χ0n) is 30.5. The third-order valence-electron chi connectivity index (χ3n) is 8.72. The second-order valence-corrected chi connectivity index (χ2v) is 13.3. The molecule has 0 aromatic heterocycles. The number of rotatable bonds is 37. The number of carbonyl (C=O) groups excluding carboxylic acids is 2. The molecular weight excluding hydrogens is 562 g/mol. The molecule has 0 aromatic carbocycles. The van der Waals surface area contributed by atoms with Gasteiger partial charge in [-0.25, -0.2) is 0 Å². The summed E-state index contributed by atoms with van der Waals surface area (Å²) in [5.74, 6) is -0.416. The topological polar surface area (TPSA) is 73.9 Å². The van der Waals surface area contributed by atoms with E-state index >= 15 is 0 Å². The molecule has 0 heterocycles. The number of carbonyl (C=O) groups is 2. The van der Waals surface area contributed by atoms with Gasteiger partial charge < -0.3 is 19.5 Å². The minimum absolute atomic E-state index is 0.0770. The van der Waals surface area contributed by atoms with Crippen LogP contribution in [0.5, 0.6) is 0 Å². The summed E-state index contributed by atoms with van der Waals surface area (Å²) in [5.41, 5.74) is 0. The maximum absolute atomic E-state index is 12.5. The predicted molar refractivity (Wildman–Crippen MR) is 191 cm³/mol. The zero-order chi connectivity index (χ0) is 32.9. The molecule has 1 atom stereocenters. The highest BCUT2D eigenvalue weighted by atomic mass is 16.6. The van der Waals surface area contributed by atoms with Crippen molar-refractivity contribution in [2.24, 2.45) is 0 Å². The molecule has 6 nitrogen and oxygen atoms in total. The Kier molecular flexibility index (Phi) is 36.4. The third-order valence-corrected chi connectivity index (χ3v) is 8.72. The lowest BCUT2D eigenvalue weighted by Gasteiger charge is -2.18. The first-order valence-electron chi connectivity index (χ1n) is 19.7. The molecule has 0 rings (SSSR count). The SMILES string of the molecule is CCCCCCCCCCCCCCCC(=O)OCC(COCCCNC)OC(=O)CCCCCCCCCCCCCCC. The Morgan fingerprint density at radius 2 is 0.867 bits per heavy atom. The number of ether oxygens (including phenoxy) is 3. The lowest BCUT2D eigenvalue weighted by molar-refractivity contribution is -0.163. The molecule has 6 heteroatoms. The van der Waals surface area contributed by atoms with Gasteiger partial charge in [0.15, 0.2) is 6.10 Å². The largest absolute Gasteiger partial charge is 0.462 e. The van der Waals surface area contributed by atoms with Gasteiger partial charge in [-0.2, -0.15) is 0 Å². The summed E-state index contributed by atoms with van der Waals surface area (Å²) in [4.78, 5) is 24.9. The molecule has 1 N–H and O–H groups in total. The molecule has 0 saturated carbocycles. The Hall–Kier alpha value is -1.14. The van der Waals surface area contributed by atoms with Crippen molar-refractivity contribution >= 4 is 11.9 Å². The van der Waals surface area contributed by atoms with Crippen molar-refractivity contribution in [2.45, 2.75) is 206 Å². The van der Waals surface area contributed by atoms with Crippen LogP contribution in [0.1, 0.15) is 200 Å². The van der Waals surface area contributed by atoms with Gasteiger partial charge in [0.1, 0.15) is 6.61 Å². The van der Waals surface area contributed by atoms with Gasteiger partial charge in [-0.1, -0.05) is 168 Å². The quantitative estimate of drug-likeness (QED) is 0.0538. The van der Waals surface area contributed by atoms with E-state index in [1.54, 1.807) is 0 Å². The summed E-state index contributed by atoms with van der Waals surface area (Å²) in [6, 6.07) is 0. The summed E-state index contributed by atoms with van der Waals surface area (Å²) in [7, 11) is 1.91.